The Hall–Kier alpha value is -1.24. The lowest BCUT2D eigenvalue weighted by Crippen LogP contribution is -2.34. The second-order valence-electron chi connectivity index (χ2n) is 4.05. The van der Waals surface area contributed by atoms with Gasteiger partial charge < -0.3 is 15.4 Å². The van der Waals surface area contributed by atoms with Gasteiger partial charge in [0.15, 0.2) is 11.0 Å². The number of carbonyl (C=O) groups excluding carboxylic acids is 1. The number of carbonyl (C=O) groups is 1. The van der Waals surface area contributed by atoms with E-state index in [1.807, 2.05) is 0 Å². The molecule has 1 amide bonds. The molecule has 6 nitrogen and oxygen atoms in total. The molecule has 1 fully saturated rings. The minimum atomic E-state index is -0.231. The summed E-state index contributed by atoms with van der Waals surface area (Å²) in [6.45, 7) is 1.92. The molecule has 1 aliphatic rings. The van der Waals surface area contributed by atoms with Crippen LogP contribution in [0, 0.1) is 0 Å². The van der Waals surface area contributed by atoms with Gasteiger partial charge in [0.2, 0.25) is 0 Å². The van der Waals surface area contributed by atoms with E-state index in [1.165, 1.54) is 0 Å². The molecule has 7 heteroatoms. The molecule has 0 atom stereocenters. The summed E-state index contributed by atoms with van der Waals surface area (Å²) in [5, 5.41) is 13.5. The van der Waals surface area contributed by atoms with Crippen molar-refractivity contribution >= 4 is 23.3 Å². The highest BCUT2D eigenvalue weighted by molar-refractivity contribution is 6.29. The van der Waals surface area contributed by atoms with Crippen LogP contribution in [0.15, 0.2) is 12.1 Å². The van der Waals surface area contributed by atoms with Gasteiger partial charge in [-0.3, -0.25) is 4.79 Å². The van der Waals surface area contributed by atoms with Crippen molar-refractivity contribution in [2.45, 2.75) is 18.9 Å². The van der Waals surface area contributed by atoms with Crippen LogP contribution in [0.1, 0.15) is 12.8 Å². The Morgan fingerprint density at radius 2 is 2.22 bits per heavy atom. The number of piperidine rings is 1. The molecular weight excluding hydrogens is 256 g/mol. The third-order valence-electron chi connectivity index (χ3n) is 2.64. The summed E-state index contributed by atoms with van der Waals surface area (Å²) in [4.78, 5) is 11.6. The first-order valence-electron chi connectivity index (χ1n) is 5.85. The van der Waals surface area contributed by atoms with Crippen LogP contribution in [0.2, 0.25) is 5.15 Å². The van der Waals surface area contributed by atoms with Crippen molar-refractivity contribution in [2.24, 2.45) is 0 Å². The zero-order valence-corrected chi connectivity index (χ0v) is 10.6. The molecule has 1 aromatic heterocycles. The van der Waals surface area contributed by atoms with Crippen LogP contribution in [0.4, 0.5) is 5.82 Å². The lowest BCUT2D eigenvalue weighted by Gasteiger charge is -2.22. The van der Waals surface area contributed by atoms with Gasteiger partial charge in [0.25, 0.3) is 5.91 Å². The highest BCUT2D eigenvalue weighted by atomic mass is 35.5. The smallest absolute Gasteiger partial charge is 0.251 e. The third-order valence-corrected chi connectivity index (χ3v) is 2.84. The summed E-state index contributed by atoms with van der Waals surface area (Å²) in [7, 11) is 0. The molecule has 1 aromatic rings. The topological polar surface area (TPSA) is 76.1 Å². The zero-order valence-electron chi connectivity index (χ0n) is 9.86. The highest BCUT2D eigenvalue weighted by Gasteiger charge is 2.14. The summed E-state index contributed by atoms with van der Waals surface area (Å²) in [6.07, 6.45) is 2.04. The van der Waals surface area contributed by atoms with Gasteiger partial charge in [-0.25, -0.2) is 0 Å². The highest BCUT2D eigenvalue weighted by Crippen LogP contribution is 2.08. The lowest BCUT2D eigenvalue weighted by atomic mass is 10.1. The Morgan fingerprint density at radius 1 is 1.44 bits per heavy atom. The summed E-state index contributed by atoms with van der Waals surface area (Å²) < 4.78 is 5.51. The van der Waals surface area contributed by atoms with E-state index in [-0.39, 0.29) is 18.6 Å². The fourth-order valence-corrected chi connectivity index (χ4v) is 1.82. The number of hydrogen-bond donors (Lipinski definition) is 2. The number of halogens is 1. The lowest BCUT2D eigenvalue weighted by molar-refractivity contribution is -0.123. The van der Waals surface area contributed by atoms with Gasteiger partial charge >= 0.3 is 0 Å². The predicted molar refractivity (Wildman–Crippen MR) is 67.5 cm³/mol. The second kappa shape index (κ2) is 6.63. The van der Waals surface area contributed by atoms with E-state index in [4.69, 9.17) is 16.3 Å². The van der Waals surface area contributed by atoms with E-state index in [0.717, 1.165) is 25.9 Å². The molecule has 18 heavy (non-hydrogen) atoms. The van der Waals surface area contributed by atoms with Crippen LogP contribution in [0.3, 0.4) is 0 Å². The Balaban J connectivity index is 1.73. The Morgan fingerprint density at radius 3 is 2.89 bits per heavy atom. The summed E-state index contributed by atoms with van der Waals surface area (Å²) in [5.74, 6) is 0.142. The van der Waals surface area contributed by atoms with E-state index >= 15 is 0 Å². The van der Waals surface area contributed by atoms with Crippen molar-refractivity contribution in [1.29, 1.82) is 0 Å². The fraction of sp³-hybridized carbons (Fsp3) is 0.545. The van der Waals surface area contributed by atoms with E-state index in [9.17, 15) is 4.79 Å². The minimum absolute atomic E-state index is 0.0367. The average Bonchev–Trinajstić information content (AvgIpc) is 2.40. The van der Waals surface area contributed by atoms with Crippen molar-refractivity contribution in [3.05, 3.63) is 17.3 Å². The molecule has 1 aliphatic heterocycles. The van der Waals surface area contributed by atoms with E-state index in [2.05, 4.69) is 20.8 Å². The largest absolute Gasteiger partial charge is 0.368 e. The van der Waals surface area contributed by atoms with Crippen LogP contribution in [-0.4, -0.2) is 41.9 Å². The standard InChI is InChI=1S/C11H15ClN4O2/c12-9-1-2-10(16-15-9)14-11(17)7-18-8-3-5-13-6-4-8/h1-2,8,13H,3-7H2,(H,14,16,17). The number of nitrogens with one attached hydrogen (secondary N) is 2. The van der Waals surface area contributed by atoms with Crippen molar-refractivity contribution in [3.8, 4) is 0 Å². The van der Waals surface area contributed by atoms with Crippen molar-refractivity contribution in [3.63, 3.8) is 0 Å². The fourth-order valence-electron chi connectivity index (χ4n) is 1.72. The normalized spacial score (nSPS) is 16.5. The summed E-state index contributed by atoms with van der Waals surface area (Å²) in [5.41, 5.74) is 0. The first-order valence-corrected chi connectivity index (χ1v) is 6.23. The van der Waals surface area contributed by atoms with Crippen molar-refractivity contribution < 1.29 is 9.53 Å². The Labute approximate surface area is 110 Å². The molecule has 0 unspecified atom stereocenters. The first kappa shape index (κ1) is 13.2. The number of amides is 1. The number of anilines is 1. The van der Waals surface area contributed by atoms with Crippen LogP contribution in [0.5, 0.6) is 0 Å². The quantitative estimate of drug-likeness (QED) is 0.848. The average molecular weight is 271 g/mol. The molecule has 2 N–H and O–H groups in total. The monoisotopic (exact) mass is 270 g/mol. The SMILES string of the molecule is O=C(COC1CCNCC1)Nc1ccc(Cl)nn1. The molecule has 2 rings (SSSR count). The minimum Gasteiger partial charge on any atom is -0.368 e. The van der Waals surface area contributed by atoms with Crippen molar-refractivity contribution in [2.75, 3.05) is 25.0 Å². The maximum atomic E-state index is 11.6. The van der Waals surface area contributed by atoms with E-state index in [1.54, 1.807) is 12.1 Å². The number of aromatic nitrogens is 2. The number of rotatable bonds is 4. The summed E-state index contributed by atoms with van der Waals surface area (Å²) in [6, 6.07) is 3.16. The summed E-state index contributed by atoms with van der Waals surface area (Å²) >= 11 is 5.59. The van der Waals surface area contributed by atoms with Gasteiger partial charge in [-0.05, 0) is 38.1 Å². The van der Waals surface area contributed by atoms with Gasteiger partial charge in [-0.2, -0.15) is 0 Å². The molecule has 1 saturated heterocycles. The molecular formula is C11H15ClN4O2. The van der Waals surface area contributed by atoms with Gasteiger partial charge in [0.1, 0.15) is 6.61 Å². The molecule has 2 heterocycles. The third kappa shape index (κ3) is 4.21. The van der Waals surface area contributed by atoms with Crippen LogP contribution in [-0.2, 0) is 9.53 Å². The van der Waals surface area contributed by atoms with Gasteiger partial charge in [0.05, 0.1) is 6.10 Å². The molecule has 0 aromatic carbocycles. The van der Waals surface area contributed by atoms with Crippen LogP contribution >= 0.6 is 11.6 Å². The van der Waals surface area contributed by atoms with Crippen LogP contribution in [0.25, 0.3) is 0 Å². The number of hydrogen-bond acceptors (Lipinski definition) is 5. The molecule has 0 radical (unpaired) electrons. The predicted octanol–water partition coefficient (Wildman–Crippen LogP) is 0.837. The van der Waals surface area contributed by atoms with Gasteiger partial charge in [0, 0.05) is 0 Å². The maximum Gasteiger partial charge on any atom is 0.251 e. The first-order chi connectivity index (χ1) is 8.74. The zero-order chi connectivity index (χ0) is 12.8. The molecule has 0 saturated carbocycles. The molecule has 0 spiro atoms. The Bertz CT molecular complexity index is 393. The molecule has 0 bridgehead atoms. The molecule has 98 valence electrons. The second-order valence-corrected chi connectivity index (χ2v) is 4.44. The van der Waals surface area contributed by atoms with Crippen LogP contribution < -0.4 is 10.6 Å². The Kier molecular flexibility index (Phi) is 4.86. The van der Waals surface area contributed by atoms with Gasteiger partial charge in [-0.15, -0.1) is 10.2 Å². The number of ether oxygens (including phenoxy) is 1. The maximum absolute atomic E-state index is 11.6. The van der Waals surface area contributed by atoms with Crippen molar-refractivity contribution in [1.82, 2.24) is 15.5 Å². The van der Waals surface area contributed by atoms with E-state index in [0.29, 0.717) is 11.0 Å². The van der Waals surface area contributed by atoms with Gasteiger partial charge in [-0.1, -0.05) is 11.6 Å². The van der Waals surface area contributed by atoms with E-state index < -0.39 is 0 Å². The number of nitrogens with zero attached hydrogens (tertiary/aromatic N) is 2. The molecule has 0 aliphatic carbocycles.